The van der Waals surface area contributed by atoms with Gasteiger partial charge in [0.05, 0.1) is 6.20 Å². The summed E-state index contributed by atoms with van der Waals surface area (Å²) in [5.41, 5.74) is 10.5. The van der Waals surface area contributed by atoms with Crippen LogP contribution >= 0.6 is 0 Å². The molecule has 1 aromatic heterocycles. The summed E-state index contributed by atoms with van der Waals surface area (Å²) in [7, 11) is 0. The van der Waals surface area contributed by atoms with Crippen LogP contribution in [0.4, 0.5) is 0 Å². The molecule has 1 aromatic carbocycles. The molecular weight excluding hydrogens is 210 g/mol. The SMILES string of the molecule is CCCn1ncc(-c2cccc(CN)c2)c1C. The van der Waals surface area contributed by atoms with Crippen LogP contribution in [0, 0.1) is 6.92 Å². The standard InChI is InChI=1S/C14H19N3/c1-3-7-17-11(2)14(10-16-17)13-6-4-5-12(8-13)9-15/h4-6,8,10H,3,7,9,15H2,1-2H3. The van der Waals surface area contributed by atoms with E-state index in [1.54, 1.807) is 0 Å². The van der Waals surface area contributed by atoms with Gasteiger partial charge < -0.3 is 5.73 Å². The van der Waals surface area contributed by atoms with E-state index < -0.39 is 0 Å². The third kappa shape index (κ3) is 2.39. The molecule has 0 atom stereocenters. The summed E-state index contributed by atoms with van der Waals surface area (Å²) >= 11 is 0. The predicted octanol–water partition coefficient (Wildman–Crippen LogP) is 2.73. The molecule has 0 aliphatic heterocycles. The average molecular weight is 229 g/mol. The van der Waals surface area contributed by atoms with Gasteiger partial charge in [-0.25, -0.2) is 0 Å². The predicted molar refractivity (Wildman–Crippen MR) is 70.6 cm³/mol. The van der Waals surface area contributed by atoms with Crippen LogP contribution in [0.3, 0.4) is 0 Å². The molecule has 3 heteroatoms. The summed E-state index contributed by atoms with van der Waals surface area (Å²) in [5, 5.41) is 4.42. The zero-order chi connectivity index (χ0) is 12.3. The lowest BCUT2D eigenvalue weighted by Crippen LogP contribution is -2.01. The third-order valence-corrected chi connectivity index (χ3v) is 3.01. The monoisotopic (exact) mass is 229 g/mol. The maximum atomic E-state index is 5.67. The van der Waals surface area contributed by atoms with E-state index in [2.05, 4.69) is 41.8 Å². The molecule has 0 aliphatic carbocycles. The highest BCUT2D eigenvalue weighted by Crippen LogP contribution is 2.23. The van der Waals surface area contributed by atoms with E-state index in [0.717, 1.165) is 18.5 Å². The van der Waals surface area contributed by atoms with E-state index in [1.807, 2.05) is 12.3 Å². The maximum absolute atomic E-state index is 5.67. The number of nitrogens with zero attached hydrogens (tertiary/aromatic N) is 2. The lowest BCUT2D eigenvalue weighted by molar-refractivity contribution is 0.587. The molecular formula is C14H19N3. The summed E-state index contributed by atoms with van der Waals surface area (Å²) in [6, 6.07) is 8.35. The number of hydrogen-bond acceptors (Lipinski definition) is 2. The summed E-state index contributed by atoms with van der Waals surface area (Å²) in [5.74, 6) is 0. The first-order valence-electron chi connectivity index (χ1n) is 6.08. The van der Waals surface area contributed by atoms with Crippen molar-refractivity contribution in [2.75, 3.05) is 0 Å². The first-order chi connectivity index (χ1) is 8.26. The Morgan fingerprint density at radius 3 is 2.88 bits per heavy atom. The van der Waals surface area contributed by atoms with Gasteiger partial charge in [-0.1, -0.05) is 25.1 Å². The molecule has 0 saturated carbocycles. The van der Waals surface area contributed by atoms with Crippen molar-refractivity contribution in [1.29, 1.82) is 0 Å². The molecule has 0 fully saturated rings. The van der Waals surface area contributed by atoms with Gasteiger partial charge >= 0.3 is 0 Å². The molecule has 0 spiro atoms. The second-order valence-corrected chi connectivity index (χ2v) is 4.27. The quantitative estimate of drug-likeness (QED) is 0.876. The minimum Gasteiger partial charge on any atom is -0.326 e. The highest BCUT2D eigenvalue weighted by molar-refractivity contribution is 5.65. The van der Waals surface area contributed by atoms with Crippen molar-refractivity contribution in [2.45, 2.75) is 33.4 Å². The minimum absolute atomic E-state index is 0.579. The van der Waals surface area contributed by atoms with Crippen LogP contribution in [-0.4, -0.2) is 9.78 Å². The molecule has 17 heavy (non-hydrogen) atoms. The van der Waals surface area contributed by atoms with Crippen LogP contribution in [0.5, 0.6) is 0 Å². The van der Waals surface area contributed by atoms with Gasteiger partial charge in [0.1, 0.15) is 0 Å². The number of benzene rings is 1. The van der Waals surface area contributed by atoms with E-state index in [-0.39, 0.29) is 0 Å². The highest BCUT2D eigenvalue weighted by atomic mass is 15.3. The first kappa shape index (κ1) is 11.9. The Labute approximate surface area is 102 Å². The second-order valence-electron chi connectivity index (χ2n) is 4.27. The van der Waals surface area contributed by atoms with Crippen molar-refractivity contribution in [3.05, 3.63) is 41.7 Å². The van der Waals surface area contributed by atoms with Gasteiger partial charge in [-0.2, -0.15) is 5.10 Å². The van der Waals surface area contributed by atoms with Gasteiger partial charge in [-0.05, 0) is 30.5 Å². The highest BCUT2D eigenvalue weighted by Gasteiger charge is 2.08. The molecule has 0 bridgehead atoms. The van der Waals surface area contributed by atoms with E-state index in [0.29, 0.717) is 6.54 Å². The molecule has 90 valence electrons. The molecule has 0 radical (unpaired) electrons. The Morgan fingerprint density at radius 2 is 2.18 bits per heavy atom. The molecule has 2 rings (SSSR count). The number of aromatic nitrogens is 2. The van der Waals surface area contributed by atoms with Crippen LogP contribution in [0.2, 0.25) is 0 Å². The number of aryl methyl sites for hydroxylation is 1. The van der Waals surface area contributed by atoms with Crippen LogP contribution in [0.25, 0.3) is 11.1 Å². The molecule has 1 heterocycles. The van der Waals surface area contributed by atoms with Gasteiger partial charge in [0, 0.05) is 24.3 Å². The lowest BCUT2D eigenvalue weighted by Gasteiger charge is -2.05. The summed E-state index contributed by atoms with van der Waals surface area (Å²) in [6.07, 6.45) is 3.05. The number of hydrogen-bond donors (Lipinski definition) is 1. The first-order valence-corrected chi connectivity index (χ1v) is 6.08. The Morgan fingerprint density at radius 1 is 1.35 bits per heavy atom. The van der Waals surface area contributed by atoms with Crippen molar-refractivity contribution >= 4 is 0 Å². The normalized spacial score (nSPS) is 10.8. The Kier molecular flexibility index (Phi) is 3.59. The number of rotatable bonds is 4. The molecule has 3 nitrogen and oxygen atoms in total. The van der Waals surface area contributed by atoms with Crippen LogP contribution in [-0.2, 0) is 13.1 Å². The van der Waals surface area contributed by atoms with Crippen molar-refractivity contribution in [3.8, 4) is 11.1 Å². The Balaban J connectivity index is 2.38. The lowest BCUT2D eigenvalue weighted by atomic mass is 10.0. The van der Waals surface area contributed by atoms with Crippen molar-refractivity contribution in [2.24, 2.45) is 5.73 Å². The molecule has 0 amide bonds. The van der Waals surface area contributed by atoms with Gasteiger partial charge in [0.15, 0.2) is 0 Å². The fourth-order valence-corrected chi connectivity index (χ4v) is 2.03. The molecule has 0 unspecified atom stereocenters. The smallest absolute Gasteiger partial charge is 0.0571 e. The van der Waals surface area contributed by atoms with Gasteiger partial charge in [0.2, 0.25) is 0 Å². The van der Waals surface area contributed by atoms with Crippen molar-refractivity contribution < 1.29 is 0 Å². The van der Waals surface area contributed by atoms with Crippen LogP contribution < -0.4 is 5.73 Å². The summed E-state index contributed by atoms with van der Waals surface area (Å²) in [4.78, 5) is 0. The Hall–Kier alpha value is -1.61. The number of nitrogens with two attached hydrogens (primary N) is 1. The third-order valence-electron chi connectivity index (χ3n) is 3.01. The van der Waals surface area contributed by atoms with E-state index in [4.69, 9.17) is 5.73 Å². The maximum Gasteiger partial charge on any atom is 0.0571 e. The van der Waals surface area contributed by atoms with Crippen molar-refractivity contribution in [1.82, 2.24) is 9.78 Å². The van der Waals surface area contributed by atoms with E-state index in [1.165, 1.54) is 16.8 Å². The zero-order valence-corrected chi connectivity index (χ0v) is 10.5. The fraction of sp³-hybridized carbons (Fsp3) is 0.357. The average Bonchev–Trinajstić information content (AvgIpc) is 2.72. The second kappa shape index (κ2) is 5.15. The van der Waals surface area contributed by atoms with Crippen LogP contribution in [0.15, 0.2) is 30.5 Å². The Bertz CT molecular complexity index is 500. The topological polar surface area (TPSA) is 43.8 Å². The van der Waals surface area contributed by atoms with E-state index in [9.17, 15) is 0 Å². The van der Waals surface area contributed by atoms with Gasteiger partial charge in [-0.15, -0.1) is 0 Å². The largest absolute Gasteiger partial charge is 0.326 e. The van der Waals surface area contributed by atoms with Gasteiger partial charge in [0.25, 0.3) is 0 Å². The van der Waals surface area contributed by atoms with Crippen LogP contribution in [0.1, 0.15) is 24.6 Å². The molecule has 0 aliphatic rings. The molecule has 0 saturated heterocycles. The fourth-order valence-electron chi connectivity index (χ4n) is 2.03. The van der Waals surface area contributed by atoms with E-state index >= 15 is 0 Å². The molecule has 2 aromatic rings. The van der Waals surface area contributed by atoms with Gasteiger partial charge in [-0.3, -0.25) is 4.68 Å². The molecule has 2 N–H and O–H groups in total. The summed E-state index contributed by atoms with van der Waals surface area (Å²) < 4.78 is 2.06. The summed E-state index contributed by atoms with van der Waals surface area (Å²) in [6.45, 7) is 5.83. The van der Waals surface area contributed by atoms with Crippen molar-refractivity contribution in [3.63, 3.8) is 0 Å². The minimum atomic E-state index is 0.579. The zero-order valence-electron chi connectivity index (χ0n) is 10.5.